The van der Waals surface area contributed by atoms with Crippen LogP contribution < -0.4 is 0 Å². The van der Waals surface area contributed by atoms with Crippen molar-refractivity contribution in [2.75, 3.05) is 0 Å². The normalized spacial score (nSPS) is 14.6. The monoisotopic (exact) mass is 388 g/mol. The van der Waals surface area contributed by atoms with E-state index in [0.717, 1.165) is 0 Å². The summed E-state index contributed by atoms with van der Waals surface area (Å²) < 4.78 is 101. The summed E-state index contributed by atoms with van der Waals surface area (Å²) in [6.45, 7) is 3.31. The van der Waals surface area contributed by atoms with Gasteiger partial charge in [0.25, 0.3) is 0 Å². The second-order valence-corrected chi connectivity index (χ2v) is 7.28. The fraction of sp³-hybridized carbons (Fsp3) is 0.833. The van der Waals surface area contributed by atoms with Crippen molar-refractivity contribution in [1.29, 1.82) is 0 Å². The highest BCUT2D eigenvalue weighted by Crippen LogP contribution is 2.42. The quantitative estimate of drug-likeness (QED) is 0.167. The molecule has 0 saturated heterocycles. The molecule has 0 aromatic carbocycles. The van der Waals surface area contributed by atoms with Crippen LogP contribution in [-0.2, 0) is 14.3 Å². The average molecular weight is 388 g/mol. The third-order valence-electron chi connectivity index (χ3n) is 2.53. The molecule has 0 saturated carbocycles. The number of hydrogen-bond donors (Lipinski definition) is 0. The summed E-state index contributed by atoms with van der Waals surface area (Å²) in [6, 6.07) is 0. The van der Waals surface area contributed by atoms with E-state index >= 15 is 0 Å². The van der Waals surface area contributed by atoms with E-state index in [4.69, 9.17) is 0 Å². The molecule has 0 amide bonds. The van der Waals surface area contributed by atoms with Crippen molar-refractivity contribution < 1.29 is 38.9 Å². The van der Waals surface area contributed by atoms with Crippen LogP contribution >= 0.6 is 11.8 Å². The van der Waals surface area contributed by atoms with E-state index in [0.29, 0.717) is 12.8 Å². The minimum atomic E-state index is -5.99. The van der Waals surface area contributed by atoms with Crippen molar-refractivity contribution in [1.82, 2.24) is 0 Å². The van der Waals surface area contributed by atoms with E-state index in [-0.39, 0.29) is 25.7 Å². The predicted molar refractivity (Wildman–Crippen MR) is 75.8 cm³/mol. The van der Waals surface area contributed by atoms with Crippen molar-refractivity contribution in [2.45, 2.75) is 63.4 Å². The number of halogens is 6. The van der Waals surface area contributed by atoms with Gasteiger partial charge in [-0.15, -0.1) is 0 Å². The number of rotatable bonds is 9. The fourth-order valence-electron chi connectivity index (χ4n) is 1.56. The Bertz CT molecular complexity index is 494. The molecule has 0 N–H and O–H groups in total. The molecule has 11 heteroatoms. The summed E-state index contributed by atoms with van der Waals surface area (Å²) in [6.07, 6.45) is 1.08. The summed E-state index contributed by atoms with van der Waals surface area (Å²) in [7, 11) is -5.99. The highest BCUT2D eigenvalue weighted by molar-refractivity contribution is 8.03. The molecule has 0 rings (SSSR count). The highest BCUT2D eigenvalue weighted by atomic mass is 32.2. The van der Waals surface area contributed by atoms with E-state index in [1.54, 1.807) is 6.92 Å². The zero-order valence-electron chi connectivity index (χ0n) is 12.6. The summed E-state index contributed by atoms with van der Waals surface area (Å²) in [5.74, 6) is -0.778. The summed E-state index contributed by atoms with van der Waals surface area (Å²) in [5.41, 5.74) is -10.4. The van der Waals surface area contributed by atoms with E-state index in [1.165, 1.54) is 6.92 Å². The number of thioether (sulfide) groups is 1. The lowest BCUT2D eigenvalue weighted by molar-refractivity contribution is -0.0523. The number of hydrogen-bond acceptors (Lipinski definition) is 4. The van der Waals surface area contributed by atoms with Crippen LogP contribution in [0.3, 0.4) is 0 Å². The van der Waals surface area contributed by atoms with Crippen LogP contribution in [0.15, 0.2) is 10.7 Å². The van der Waals surface area contributed by atoms with Gasteiger partial charge in [-0.05, 0) is 24.6 Å². The van der Waals surface area contributed by atoms with Gasteiger partial charge in [0.2, 0.25) is 0 Å². The minimum Gasteiger partial charge on any atom is -0.380 e. The lowest BCUT2D eigenvalue weighted by Gasteiger charge is -2.17. The van der Waals surface area contributed by atoms with Crippen LogP contribution in [-0.4, -0.2) is 19.4 Å². The van der Waals surface area contributed by atoms with Gasteiger partial charge in [0.1, 0.15) is 5.76 Å². The largest absolute Gasteiger partial charge is 0.534 e. The molecule has 23 heavy (non-hydrogen) atoms. The Balaban J connectivity index is 5.64. The third-order valence-corrected chi connectivity index (χ3v) is 4.43. The molecule has 0 aromatic heterocycles. The van der Waals surface area contributed by atoms with E-state index in [9.17, 15) is 34.8 Å². The van der Waals surface area contributed by atoms with E-state index < -0.39 is 43.6 Å². The molecule has 0 spiro atoms. The average Bonchev–Trinajstić information content (AvgIpc) is 2.34. The Morgan fingerprint density at radius 3 is 1.91 bits per heavy atom. The fourth-order valence-corrected chi connectivity index (χ4v) is 3.00. The topological polar surface area (TPSA) is 43.4 Å². The van der Waals surface area contributed by atoms with Crippen molar-refractivity contribution >= 4 is 21.9 Å². The molecule has 0 aliphatic carbocycles. The summed E-state index contributed by atoms with van der Waals surface area (Å²) in [5, 5.41) is 0. The molecule has 138 valence electrons. The van der Waals surface area contributed by atoms with Gasteiger partial charge in [-0.2, -0.15) is 34.8 Å². The molecule has 0 atom stereocenters. The Labute approximate surface area is 135 Å². The number of unbranched alkanes of at least 4 members (excludes halogenated alkanes) is 2. The molecule has 0 aliphatic heterocycles. The first-order valence-corrected chi connectivity index (χ1v) is 9.05. The lowest BCUT2D eigenvalue weighted by atomic mass is 10.1. The van der Waals surface area contributed by atoms with Gasteiger partial charge in [0, 0.05) is 11.3 Å². The van der Waals surface area contributed by atoms with Crippen molar-refractivity contribution in [2.24, 2.45) is 0 Å². The van der Waals surface area contributed by atoms with Crippen LogP contribution in [0, 0.1) is 0 Å². The Morgan fingerprint density at radius 1 is 0.957 bits per heavy atom. The van der Waals surface area contributed by atoms with Gasteiger partial charge in [-0.1, -0.05) is 33.1 Å². The van der Waals surface area contributed by atoms with Crippen LogP contribution in [0.2, 0.25) is 0 Å². The van der Waals surface area contributed by atoms with Gasteiger partial charge in [0.05, 0.1) is 0 Å². The molecule has 0 bridgehead atoms. The van der Waals surface area contributed by atoms with Gasteiger partial charge >= 0.3 is 21.1 Å². The molecule has 0 unspecified atom stereocenters. The Hall–Kier alpha value is -0.580. The van der Waals surface area contributed by atoms with Crippen LogP contribution in [0.4, 0.5) is 26.3 Å². The second-order valence-electron chi connectivity index (χ2n) is 4.58. The van der Waals surface area contributed by atoms with Gasteiger partial charge < -0.3 is 4.18 Å². The van der Waals surface area contributed by atoms with Crippen LogP contribution in [0.25, 0.3) is 0 Å². The first kappa shape index (κ1) is 22.4. The minimum absolute atomic E-state index is 0.200. The SMILES string of the molecule is CCCCC/C(OS(=O)(=O)C(F)(F)F)=C(/CCC)SC(F)(F)F. The van der Waals surface area contributed by atoms with Crippen LogP contribution in [0.1, 0.15) is 52.4 Å². The second kappa shape index (κ2) is 9.05. The number of allylic oxidation sites excluding steroid dienone is 2. The Morgan fingerprint density at radius 2 is 1.52 bits per heavy atom. The highest BCUT2D eigenvalue weighted by Gasteiger charge is 2.49. The first-order valence-electron chi connectivity index (χ1n) is 6.82. The van der Waals surface area contributed by atoms with E-state index in [2.05, 4.69) is 4.18 Å². The van der Waals surface area contributed by atoms with Gasteiger partial charge in [-0.25, -0.2) is 0 Å². The predicted octanol–water partition coefficient (Wildman–Crippen LogP) is 5.70. The molecular weight excluding hydrogens is 370 g/mol. The molecule has 3 nitrogen and oxygen atoms in total. The zero-order chi connectivity index (χ0) is 18.3. The van der Waals surface area contributed by atoms with Crippen molar-refractivity contribution in [3.63, 3.8) is 0 Å². The molecule has 0 radical (unpaired) electrons. The standard InChI is InChI=1S/C12H18F6O3S2/c1-3-5-6-8-9(21-23(19,20)12(16,17)18)10(7-4-2)22-11(13,14)15/h3-8H2,1-2H3/b10-9+. The lowest BCUT2D eigenvalue weighted by Crippen LogP contribution is -2.25. The number of alkyl halides is 6. The van der Waals surface area contributed by atoms with Crippen molar-refractivity contribution in [3.05, 3.63) is 10.7 Å². The van der Waals surface area contributed by atoms with Crippen LogP contribution in [0.5, 0.6) is 0 Å². The molecule has 0 heterocycles. The maximum atomic E-state index is 12.5. The third kappa shape index (κ3) is 8.73. The first-order chi connectivity index (χ1) is 10.3. The summed E-state index contributed by atoms with van der Waals surface area (Å²) >= 11 is -0.633. The summed E-state index contributed by atoms with van der Waals surface area (Å²) in [4.78, 5) is -0.538. The molecule has 0 fully saturated rings. The molecule has 0 aliphatic rings. The zero-order valence-corrected chi connectivity index (χ0v) is 14.2. The van der Waals surface area contributed by atoms with Crippen molar-refractivity contribution in [3.8, 4) is 0 Å². The maximum Gasteiger partial charge on any atom is 0.534 e. The van der Waals surface area contributed by atoms with Gasteiger partial charge in [0.15, 0.2) is 0 Å². The van der Waals surface area contributed by atoms with Gasteiger partial charge in [-0.3, -0.25) is 0 Å². The molecular formula is C12H18F6O3S2. The Kier molecular flexibility index (Phi) is 8.82. The smallest absolute Gasteiger partial charge is 0.380 e. The molecule has 0 aromatic rings. The van der Waals surface area contributed by atoms with E-state index in [1.807, 2.05) is 0 Å². The maximum absolute atomic E-state index is 12.5.